The first kappa shape index (κ1) is 14.0. The normalized spacial score (nSPS) is 29.8. The van der Waals surface area contributed by atoms with E-state index in [1.54, 1.807) is 6.92 Å². The minimum absolute atomic E-state index is 0.123. The first-order valence-electron chi connectivity index (χ1n) is 6.20. The number of amides is 1. The van der Waals surface area contributed by atoms with Gasteiger partial charge >= 0.3 is 5.97 Å². The van der Waals surface area contributed by atoms with Gasteiger partial charge in [0.25, 0.3) is 0 Å². The van der Waals surface area contributed by atoms with Crippen LogP contribution in [0, 0.1) is 11.8 Å². The molecule has 17 heavy (non-hydrogen) atoms. The molecule has 1 aliphatic rings. The highest BCUT2D eigenvalue weighted by Crippen LogP contribution is 2.30. The fourth-order valence-electron chi connectivity index (χ4n) is 2.18. The molecule has 1 aliphatic carbocycles. The van der Waals surface area contributed by atoms with Crippen molar-refractivity contribution in [3.8, 4) is 0 Å². The Morgan fingerprint density at radius 2 is 2.06 bits per heavy atom. The summed E-state index contributed by atoms with van der Waals surface area (Å²) in [6.45, 7) is 6.19. The van der Waals surface area contributed by atoms with Crippen molar-refractivity contribution < 1.29 is 14.3 Å². The van der Waals surface area contributed by atoms with E-state index in [1.165, 1.54) is 0 Å². The molecule has 1 fully saturated rings. The highest BCUT2D eigenvalue weighted by Gasteiger charge is 2.33. The zero-order valence-corrected chi connectivity index (χ0v) is 10.7. The number of nitrogens with one attached hydrogen (secondary N) is 1. The third-order valence-electron chi connectivity index (χ3n) is 3.62. The molecule has 0 saturated heterocycles. The van der Waals surface area contributed by atoms with Gasteiger partial charge in [-0.3, -0.25) is 4.79 Å². The van der Waals surface area contributed by atoms with E-state index in [-0.39, 0.29) is 12.6 Å². The Morgan fingerprint density at radius 1 is 1.41 bits per heavy atom. The molecule has 0 aromatic heterocycles. The van der Waals surface area contributed by atoms with E-state index >= 15 is 0 Å². The SMILES string of the molecule is CCOC(=O)C(N)C(=O)NC1CCC(C)C1C. The minimum Gasteiger partial charge on any atom is -0.464 e. The molecule has 1 rings (SSSR count). The molecule has 98 valence electrons. The van der Waals surface area contributed by atoms with Crippen molar-refractivity contribution in [2.45, 2.75) is 45.7 Å². The number of carbonyl (C=O) groups excluding carboxylic acids is 2. The lowest BCUT2D eigenvalue weighted by Gasteiger charge is -2.21. The standard InChI is InChI=1S/C12H22N2O3/c1-4-17-12(16)10(13)11(15)14-9-6-5-7(2)8(9)3/h7-10H,4-6,13H2,1-3H3,(H,14,15). The molecular weight excluding hydrogens is 220 g/mol. The van der Waals surface area contributed by atoms with Crippen molar-refractivity contribution in [1.29, 1.82) is 0 Å². The zero-order valence-electron chi connectivity index (χ0n) is 10.7. The Bertz CT molecular complexity index is 293. The topological polar surface area (TPSA) is 81.4 Å². The summed E-state index contributed by atoms with van der Waals surface area (Å²) in [6, 6.07) is -1.09. The number of esters is 1. The second-order valence-corrected chi connectivity index (χ2v) is 4.76. The van der Waals surface area contributed by atoms with Crippen molar-refractivity contribution in [3.63, 3.8) is 0 Å². The summed E-state index contributed by atoms with van der Waals surface area (Å²) in [5.41, 5.74) is 5.52. The number of hydrogen-bond donors (Lipinski definition) is 2. The van der Waals surface area contributed by atoms with Gasteiger partial charge in [-0.15, -0.1) is 0 Å². The molecule has 0 heterocycles. The molecule has 4 atom stereocenters. The third-order valence-corrected chi connectivity index (χ3v) is 3.62. The summed E-state index contributed by atoms with van der Waals surface area (Å²) in [7, 11) is 0. The monoisotopic (exact) mass is 242 g/mol. The maximum atomic E-state index is 11.7. The summed E-state index contributed by atoms with van der Waals surface area (Å²) in [5, 5.41) is 2.83. The molecule has 0 aliphatic heterocycles. The van der Waals surface area contributed by atoms with Crippen molar-refractivity contribution in [2.75, 3.05) is 6.61 Å². The highest BCUT2D eigenvalue weighted by atomic mass is 16.5. The number of carbonyl (C=O) groups is 2. The summed E-state index contributed by atoms with van der Waals surface area (Å²) >= 11 is 0. The van der Waals surface area contributed by atoms with Crippen LogP contribution in [0.1, 0.15) is 33.6 Å². The van der Waals surface area contributed by atoms with E-state index in [0.717, 1.165) is 12.8 Å². The lowest BCUT2D eigenvalue weighted by atomic mass is 9.97. The molecule has 0 aromatic carbocycles. The molecule has 4 unspecified atom stereocenters. The van der Waals surface area contributed by atoms with Gasteiger partial charge in [-0.1, -0.05) is 13.8 Å². The van der Waals surface area contributed by atoms with E-state index in [1.807, 2.05) is 0 Å². The van der Waals surface area contributed by atoms with Crippen molar-refractivity contribution >= 4 is 11.9 Å². The number of nitrogens with two attached hydrogens (primary N) is 1. The summed E-state index contributed by atoms with van der Waals surface area (Å²) in [4.78, 5) is 23.0. The van der Waals surface area contributed by atoms with Gasteiger partial charge in [-0.25, -0.2) is 4.79 Å². The second-order valence-electron chi connectivity index (χ2n) is 4.76. The predicted molar refractivity (Wildman–Crippen MR) is 64.1 cm³/mol. The largest absolute Gasteiger partial charge is 0.464 e. The number of hydrogen-bond acceptors (Lipinski definition) is 4. The molecule has 0 bridgehead atoms. The Morgan fingerprint density at radius 3 is 2.53 bits per heavy atom. The van der Waals surface area contributed by atoms with E-state index in [2.05, 4.69) is 19.2 Å². The molecule has 0 aromatic rings. The lowest BCUT2D eigenvalue weighted by Crippen LogP contribution is -2.50. The molecule has 3 N–H and O–H groups in total. The quantitative estimate of drug-likeness (QED) is 0.553. The van der Waals surface area contributed by atoms with Crippen molar-refractivity contribution in [1.82, 2.24) is 5.32 Å². The van der Waals surface area contributed by atoms with Crippen LogP contribution in [-0.4, -0.2) is 30.6 Å². The molecule has 0 spiro atoms. The molecule has 0 radical (unpaired) electrons. The molecule has 1 saturated carbocycles. The van der Waals surface area contributed by atoms with Crippen LogP contribution in [0.15, 0.2) is 0 Å². The molecule has 5 heteroatoms. The van der Waals surface area contributed by atoms with Crippen LogP contribution < -0.4 is 11.1 Å². The van der Waals surface area contributed by atoms with Gasteiger partial charge in [-0.05, 0) is 31.6 Å². The first-order chi connectivity index (χ1) is 7.97. The Kier molecular flexibility index (Phi) is 4.93. The average Bonchev–Trinajstić information content (AvgIpc) is 2.60. The minimum atomic E-state index is -1.21. The Labute approximate surface area is 102 Å². The molecular formula is C12H22N2O3. The maximum absolute atomic E-state index is 11.7. The summed E-state index contributed by atoms with van der Waals surface area (Å²) in [5.74, 6) is -0.0782. The van der Waals surface area contributed by atoms with Gasteiger partial charge in [0.15, 0.2) is 6.04 Å². The van der Waals surface area contributed by atoms with Crippen LogP contribution in [0.5, 0.6) is 0 Å². The second kappa shape index (κ2) is 6.00. The number of ether oxygens (including phenoxy) is 1. The molecule has 5 nitrogen and oxygen atoms in total. The summed E-state index contributed by atoms with van der Waals surface area (Å²) < 4.78 is 4.71. The number of rotatable bonds is 4. The summed E-state index contributed by atoms with van der Waals surface area (Å²) in [6.07, 6.45) is 2.05. The van der Waals surface area contributed by atoms with Crippen molar-refractivity contribution in [3.05, 3.63) is 0 Å². The van der Waals surface area contributed by atoms with Crippen LogP contribution in [0.4, 0.5) is 0 Å². The maximum Gasteiger partial charge on any atom is 0.332 e. The lowest BCUT2D eigenvalue weighted by molar-refractivity contribution is -0.148. The smallest absolute Gasteiger partial charge is 0.332 e. The van der Waals surface area contributed by atoms with Crippen LogP contribution in [0.3, 0.4) is 0 Å². The van der Waals surface area contributed by atoms with E-state index < -0.39 is 17.9 Å². The third kappa shape index (κ3) is 3.43. The van der Waals surface area contributed by atoms with Crippen LogP contribution >= 0.6 is 0 Å². The van der Waals surface area contributed by atoms with Gasteiger partial charge in [0.2, 0.25) is 5.91 Å². The van der Waals surface area contributed by atoms with Gasteiger partial charge < -0.3 is 15.8 Å². The highest BCUT2D eigenvalue weighted by molar-refractivity contribution is 6.01. The van der Waals surface area contributed by atoms with Gasteiger partial charge in [0.05, 0.1) is 6.61 Å². The van der Waals surface area contributed by atoms with Crippen LogP contribution in [0.2, 0.25) is 0 Å². The van der Waals surface area contributed by atoms with Gasteiger partial charge in [0, 0.05) is 6.04 Å². The van der Waals surface area contributed by atoms with Crippen LogP contribution in [-0.2, 0) is 14.3 Å². The first-order valence-corrected chi connectivity index (χ1v) is 6.20. The van der Waals surface area contributed by atoms with Gasteiger partial charge in [-0.2, -0.15) is 0 Å². The molecule has 1 amide bonds. The fourth-order valence-corrected chi connectivity index (χ4v) is 2.18. The van der Waals surface area contributed by atoms with Crippen LogP contribution in [0.25, 0.3) is 0 Å². The van der Waals surface area contributed by atoms with E-state index in [9.17, 15) is 9.59 Å². The fraction of sp³-hybridized carbons (Fsp3) is 0.833. The van der Waals surface area contributed by atoms with E-state index in [0.29, 0.717) is 11.8 Å². The average molecular weight is 242 g/mol. The Hall–Kier alpha value is -1.10. The van der Waals surface area contributed by atoms with Gasteiger partial charge in [0.1, 0.15) is 0 Å². The van der Waals surface area contributed by atoms with Crippen molar-refractivity contribution in [2.24, 2.45) is 17.6 Å². The van der Waals surface area contributed by atoms with E-state index in [4.69, 9.17) is 10.5 Å². The zero-order chi connectivity index (χ0) is 13.0. The Balaban J connectivity index is 2.46. The predicted octanol–water partition coefficient (Wildman–Crippen LogP) is 0.428.